The molecule has 124 valence electrons. The van der Waals surface area contributed by atoms with Crippen molar-refractivity contribution >= 4 is 6.03 Å². The van der Waals surface area contributed by atoms with Crippen LogP contribution in [0.15, 0.2) is 28.8 Å². The third kappa shape index (κ3) is 4.97. The van der Waals surface area contributed by atoms with Crippen molar-refractivity contribution in [2.24, 2.45) is 0 Å². The molecule has 2 amide bonds. The van der Waals surface area contributed by atoms with Gasteiger partial charge in [-0.3, -0.25) is 0 Å². The lowest BCUT2D eigenvalue weighted by Gasteiger charge is -2.13. The molecular formula is C14H15F3N4O2. The van der Waals surface area contributed by atoms with Crippen LogP contribution in [0.2, 0.25) is 0 Å². The van der Waals surface area contributed by atoms with E-state index in [9.17, 15) is 18.0 Å². The van der Waals surface area contributed by atoms with Crippen LogP contribution in [0.25, 0.3) is 0 Å². The number of rotatable bonds is 5. The van der Waals surface area contributed by atoms with Crippen molar-refractivity contribution < 1.29 is 22.5 Å². The zero-order chi connectivity index (χ0) is 16.9. The number of urea groups is 1. The minimum absolute atomic E-state index is 0.0474. The summed E-state index contributed by atoms with van der Waals surface area (Å²) in [5, 5.41) is 8.52. The third-order valence-corrected chi connectivity index (χ3v) is 2.97. The number of halogens is 3. The average Bonchev–Trinajstić information content (AvgIpc) is 2.90. The normalized spacial score (nSPS) is 11.3. The maximum atomic E-state index is 12.8. The number of alkyl halides is 3. The summed E-state index contributed by atoms with van der Waals surface area (Å²) in [7, 11) is 0. The fourth-order valence-corrected chi connectivity index (χ4v) is 1.96. The summed E-state index contributed by atoms with van der Waals surface area (Å²) in [5.41, 5.74) is -0.559. The largest absolute Gasteiger partial charge is 0.416 e. The smallest absolute Gasteiger partial charge is 0.338 e. The molecule has 0 bridgehead atoms. The minimum atomic E-state index is -4.41. The van der Waals surface area contributed by atoms with Crippen LogP contribution in [0.1, 0.15) is 22.8 Å². The highest BCUT2D eigenvalue weighted by Crippen LogP contribution is 2.31. The topological polar surface area (TPSA) is 80.0 Å². The molecule has 0 unspecified atom stereocenters. The number of hydrogen-bond donors (Lipinski definition) is 2. The highest BCUT2D eigenvalue weighted by Gasteiger charge is 2.32. The molecule has 0 aliphatic carbocycles. The molecule has 0 saturated carbocycles. The Morgan fingerprint density at radius 3 is 2.65 bits per heavy atom. The van der Waals surface area contributed by atoms with Gasteiger partial charge in [0.1, 0.15) is 0 Å². The van der Waals surface area contributed by atoms with E-state index in [0.717, 1.165) is 6.07 Å². The summed E-state index contributed by atoms with van der Waals surface area (Å²) >= 11 is 0. The number of hydrogen-bond acceptors (Lipinski definition) is 4. The summed E-state index contributed by atoms with van der Waals surface area (Å²) in [6.45, 7) is 1.76. The van der Waals surface area contributed by atoms with Crippen molar-refractivity contribution in [3.05, 3.63) is 47.1 Å². The first-order chi connectivity index (χ1) is 10.9. The number of nitrogens with one attached hydrogen (secondary N) is 2. The Hall–Kier alpha value is -2.58. The Morgan fingerprint density at radius 2 is 2.00 bits per heavy atom. The summed E-state index contributed by atoms with van der Waals surface area (Å²) < 4.78 is 43.3. The van der Waals surface area contributed by atoms with E-state index in [-0.39, 0.29) is 31.0 Å². The van der Waals surface area contributed by atoms with Gasteiger partial charge >= 0.3 is 12.2 Å². The second-order valence-corrected chi connectivity index (χ2v) is 4.75. The van der Waals surface area contributed by atoms with E-state index in [1.165, 1.54) is 18.2 Å². The molecular weight excluding hydrogens is 313 g/mol. The minimum Gasteiger partial charge on any atom is -0.338 e. The number of amides is 2. The van der Waals surface area contributed by atoms with Gasteiger partial charge in [-0.1, -0.05) is 23.4 Å². The third-order valence-electron chi connectivity index (χ3n) is 2.97. The van der Waals surface area contributed by atoms with Crippen LogP contribution >= 0.6 is 0 Å². The van der Waals surface area contributed by atoms with E-state index in [1.807, 2.05) is 0 Å². The first-order valence-corrected chi connectivity index (χ1v) is 6.82. The van der Waals surface area contributed by atoms with E-state index < -0.39 is 17.8 Å². The van der Waals surface area contributed by atoms with E-state index in [1.54, 1.807) is 6.92 Å². The van der Waals surface area contributed by atoms with Crippen molar-refractivity contribution in [2.45, 2.75) is 26.1 Å². The lowest BCUT2D eigenvalue weighted by atomic mass is 10.0. The fraction of sp³-hybridized carbons (Fsp3) is 0.357. The number of carbonyl (C=O) groups is 1. The molecule has 2 N–H and O–H groups in total. The van der Waals surface area contributed by atoms with Crippen molar-refractivity contribution in [1.29, 1.82) is 0 Å². The molecule has 2 rings (SSSR count). The lowest BCUT2D eigenvalue weighted by molar-refractivity contribution is -0.138. The van der Waals surface area contributed by atoms with E-state index in [4.69, 9.17) is 4.52 Å². The van der Waals surface area contributed by atoms with Crippen molar-refractivity contribution in [3.8, 4) is 0 Å². The van der Waals surface area contributed by atoms with E-state index in [0.29, 0.717) is 5.82 Å². The number of benzene rings is 1. The molecule has 1 aromatic carbocycles. The van der Waals surface area contributed by atoms with E-state index in [2.05, 4.69) is 20.8 Å². The number of aryl methyl sites for hydroxylation is 1. The van der Waals surface area contributed by atoms with Crippen LogP contribution in [0.5, 0.6) is 0 Å². The Labute approximate surface area is 130 Å². The average molecular weight is 328 g/mol. The van der Waals surface area contributed by atoms with Crippen LogP contribution in [0, 0.1) is 6.92 Å². The van der Waals surface area contributed by atoms with Gasteiger partial charge in [-0.25, -0.2) is 4.79 Å². The van der Waals surface area contributed by atoms with E-state index >= 15 is 0 Å². The van der Waals surface area contributed by atoms with Crippen LogP contribution in [-0.4, -0.2) is 22.7 Å². The molecule has 0 radical (unpaired) electrons. The predicted octanol–water partition coefficient (Wildman–Crippen LogP) is 2.44. The van der Waals surface area contributed by atoms with Gasteiger partial charge in [0.05, 0.1) is 12.1 Å². The summed E-state index contributed by atoms with van der Waals surface area (Å²) in [5.74, 6) is 0.700. The van der Waals surface area contributed by atoms with Gasteiger partial charge in [0, 0.05) is 6.54 Å². The summed E-state index contributed by atoms with van der Waals surface area (Å²) in [6, 6.07) is 4.75. The highest BCUT2D eigenvalue weighted by molar-refractivity contribution is 5.73. The molecule has 9 heteroatoms. The van der Waals surface area contributed by atoms with Crippen LogP contribution < -0.4 is 10.6 Å². The Kier molecular flexibility index (Phi) is 5.20. The zero-order valence-corrected chi connectivity index (χ0v) is 12.3. The maximum absolute atomic E-state index is 12.8. The van der Waals surface area contributed by atoms with Crippen molar-refractivity contribution in [1.82, 2.24) is 20.8 Å². The molecule has 0 spiro atoms. The van der Waals surface area contributed by atoms with Gasteiger partial charge in [-0.05, 0) is 25.0 Å². The maximum Gasteiger partial charge on any atom is 0.416 e. The van der Waals surface area contributed by atoms with Gasteiger partial charge in [0.2, 0.25) is 5.89 Å². The number of carbonyl (C=O) groups excluding carboxylic acids is 1. The monoisotopic (exact) mass is 328 g/mol. The predicted molar refractivity (Wildman–Crippen MR) is 74.4 cm³/mol. The summed E-state index contributed by atoms with van der Waals surface area (Å²) in [6.07, 6.45) is -4.34. The molecule has 6 nitrogen and oxygen atoms in total. The lowest BCUT2D eigenvalue weighted by Crippen LogP contribution is -2.36. The van der Waals surface area contributed by atoms with Crippen molar-refractivity contribution in [2.75, 3.05) is 6.54 Å². The highest BCUT2D eigenvalue weighted by atomic mass is 19.4. The standard InChI is InChI=1S/C14H15F3N4O2/c1-9-20-12(23-21-9)8-19-13(22)18-7-6-10-4-2-3-5-11(10)14(15,16)17/h2-5H,6-8H2,1H3,(H2,18,19,22). The van der Waals surface area contributed by atoms with Gasteiger partial charge < -0.3 is 15.2 Å². The summed E-state index contributed by atoms with van der Waals surface area (Å²) in [4.78, 5) is 15.5. The molecule has 0 aliphatic heterocycles. The molecule has 1 heterocycles. The molecule has 0 atom stereocenters. The number of nitrogens with zero attached hydrogens (tertiary/aromatic N) is 2. The zero-order valence-electron chi connectivity index (χ0n) is 12.3. The van der Waals surface area contributed by atoms with Crippen LogP contribution in [0.4, 0.5) is 18.0 Å². The first kappa shape index (κ1) is 16.8. The van der Waals surface area contributed by atoms with Crippen LogP contribution in [0.3, 0.4) is 0 Å². The second kappa shape index (κ2) is 7.12. The molecule has 0 saturated heterocycles. The van der Waals surface area contributed by atoms with Crippen molar-refractivity contribution in [3.63, 3.8) is 0 Å². The molecule has 23 heavy (non-hydrogen) atoms. The Balaban J connectivity index is 1.80. The Bertz CT molecular complexity index is 670. The Morgan fingerprint density at radius 1 is 1.26 bits per heavy atom. The van der Waals surface area contributed by atoms with Gasteiger partial charge in [-0.15, -0.1) is 0 Å². The SMILES string of the molecule is Cc1noc(CNC(=O)NCCc2ccccc2C(F)(F)F)n1. The fourth-order valence-electron chi connectivity index (χ4n) is 1.96. The molecule has 0 fully saturated rings. The van der Waals surface area contributed by atoms with Crippen LogP contribution in [-0.2, 0) is 19.1 Å². The van der Waals surface area contributed by atoms with Gasteiger partial charge in [0.25, 0.3) is 0 Å². The molecule has 1 aromatic heterocycles. The van der Waals surface area contributed by atoms with Gasteiger partial charge in [-0.2, -0.15) is 18.2 Å². The molecule has 0 aliphatic rings. The first-order valence-electron chi connectivity index (χ1n) is 6.82. The van der Waals surface area contributed by atoms with Gasteiger partial charge in [0.15, 0.2) is 5.82 Å². The second-order valence-electron chi connectivity index (χ2n) is 4.75. The number of aromatic nitrogens is 2. The quantitative estimate of drug-likeness (QED) is 0.883. The molecule has 2 aromatic rings.